The van der Waals surface area contributed by atoms with Gasteiger partial charge in [-0.15, -0.1) is 21.9 Å². The van der Waals surface area contributed by atoms with Gasteiger partial charge in [0.2, 0.25) is 18.1 Å². The van der Waals surface area contributed by atoms with Gasteiger partial charge in [-0.1, -0.05) is 23.8 Å². The molecule has 61 heavy (non-hydrogen) atoms. The van der Waals surface area contributed by atoms with E-state index in [1.165, 1.54) is 5.56 Å². The molecule has 0 saturated heterocycles. The second-order valence-corrected chi connectivity index (χ2v) is 12.9. The summed E-state index contributed by atoms with van der Waals surface area (Å²) in [5.41, 5.74) is -10.7. The summed E-state index contributed by atoms with van der Waals surface area (Å²) >= 11 is 0. The van der Waals surface area contributed by atoms with E-state index in [4.69, 9.17) is 4.84 Å². The molecule has 0 fully saturated rings. The summed E-state index contributed by atoms with van der Waals surface area (Å²) in [6.07, 6.45) is -3.44. The predicted molar refractivity (Wildman–Crippen MR) is 173 cm³/mol. The normalized spacial score (nSPS) is 11.5. The fourth-order valence-electron chi connectivity index (χ4n) is 6.73. The number of nitrogens with zero attached hydrogens (tertiary/aromatic N) is 1. The molecule has 322 valence electrons. The first kappa shape index (κ1) is 45.8. The fraction of sp³-hybridized carbons (Fsp3) is 0.0789. The number of hydrogen-bond acceptors (Lipinski definition) is 1. The molecule has 0 aliphatic rings. The molecule has 6 aromatic rings. The van der Waals surface area contributed by atoms with Crippen molar-refractivity contribution < 1.29 is 97.4 Å². The van der Waals surface area contributed by atoms with Crippen molar-refractivity contribution >= 4 is 28.0 Å². The quantitative estimate of drug-likeness (QED) is 0.0538. The SMILES string of the molecule is Cc1cc(C)c(O[n+]2ccccc2)c(C)c1.Fc1c(F)c(F)c([B-](c2c(F)c(F)c(F)c(F)c2F)(c2c(F)c(F)c(F)c(F)c2F)c2c(F)c(F)c(F)c(F)c2F)c(F)c1F. The molecule has 0 amide bonds. The van der Waals surface area contributed by atoms with Gasteiger partial charge in [0.05, 0.1) is 0 Å². The summed E-state index contributed by atoms with van der Waals surface area (Å²) in [6.45, 7) is 6.23. The lowest BCUT2D eigenvalue weighted by atomic mass is 9.12. The van der Waals surface area contributed by atoms with Crippen LogP contribution >= 0.6 is 0 Å². The van der Waals surface area contributed by atoms with Crippen LogP contribution in [-0.4, -0.2) is 6.15 Å². The van der Waals surface area contributed by atoms with Crippen molar-refractivity contribution in [2.45, 2.75) is 20.8 Å². The van der Waals surface area contributed by atoms with Crippen LogP contribution in [-0.2, 0) is 0 Å². The first-order chi connectivity index (χ1) is 28.4. The predicted octanol–water partition coefficient (Wildman–Crippen LogP) is 8.59. The third-order valence-electron chi connectivity index (χ3n) is 9.20. The highest BCUT2D eigenvalue weighted by atomic mass is 19.2. The number of aromatic nitrogens is 1. The van der Waals surface area contributed by atoms with Gasteiger partial charge in [0.25, 0.3) is 0 Å². The van der Waals surface area contributed by atoms with Crippen molar-refractivity contribution in [3.8, 4) is 5.75 Å². The summed E-state index contributed by atoms with van der Waals surface area (Å²) in [5.74, 6) is -70.5. The van der Waals surface area contributed by atoms with Crippen molar-refractivity contribution in [2.24, 2.45) is 0 Å². The average Bonchev–Trinajstić information content (AvgIpc) is 3.22. The Morgan fingerprint density at radius 3 is 0.770 bits per heavy atom. The molecule has 0 aliphatic carbocycles. The van der Waals surface area contributed by atoms with Gasteiger partial charge in [-0.05, 0) is 31.9 Å². The molecule has 0 radical (unpaired) electrons. The van der Waals surface area contributed by atoms with E-state index in [0.717, 1.165) is 16.9 Å². The van der Waals surface area contributed by atoms with Gasteiger partial charge < -0.3 is 0 Å². The van der Waals surface area contributed by atoms with E-state index in [9.17, 15) is 52.7 Å². The van der Waals surface area contributed by atoms with E-state index < -0.39 is 144 Å². The van der Waals surface area contributed by atoms with Crippen LogP contribution in [0.25, 0.3) is 0 Å². The minimum Gasteiger partial charge on any atom is -0.231 e. The summed E-state index contributed by atoms with van der Waals surface area (Å²) in [4.78, 5) is 5.81. The van der Waals surface area contributed by atoms with E-state index in [1.807, 2.05) is 30.6 Å². The van der Waals surface area contributed by atoms with Crippen molar-refractivity contribution in [1.82, 2.24) is 0 Å². The van der Waals surface area contributed by atoms with Gasteiger partial charge >= 0.3 is 0 Å². The highest BCUT2D eigenvalue weighted by molar-refractivity contribution is 7.20. The Kier molecular flexibility index (Phi) is 12.5. The number of rotatable bonds is 6. The smallest absolute Gasteiger partial charge is 0.223 e. The third-order valence-corrected chi connectivity index (χ3v) is 9.20. The van der Waals surface area contributed by atoms with E-state index in [0.29, 0.717) is 0 Å². The minimum absolute atomic E-state index is 0.932. The van der Waals surface area contributed by atoms with Gasteiger partial charge in [-0.25, -0.2) is 92.6 Å². The van der Waals surface area contributed by atoms with Crippen molar-refractivity contribution in [1.29, 1.82) is 0 Å². The van der Waals surface area contributed by atoms with Crippen LogP contribution in [0, 0.1) is 137 Å². The molecular formula is C38H16BF20NO. The highest BCUT2D eigenvalue weighted by Crippen LogP contribution is 2.31. The van der Waals surface area contributed by atoms with Crippen LogP contribution in [0.3, 0.4) is 0 Å². The molecule has 0 N–H and O–H groups in total. The molecule has 0 saturated carbocycles. The molecule has 0 aliphatic heterocycles. The maximum absolute atomic E-state index is 15.4. The second kappa shape index (κ2) is 16.6. The molecule has 1 heterocycles. The number of pyridine rings is 1. The first-order valence-corrected chi connectivity index (χ1v) is 16.3. The molecule has 6 rings (SSSR count). The van der Waals surface area contributed by atoms with Crippen LogP contribution < -0.4 is 31.4 Å². The standard InChI is InChI=1S/C24BF20.C14H16NO/c26-5-1(6(27)14(35)21(42)13(5)34)25(2-7(28)15(36)22(43)16(37)8(2)29,3-9(30)17(38)23(44)18(39)10(3)31)4-11(32)19(40)24(45)20(41)12(4)33;1-11-9-12(2)14(13(3)10-11)16-15-7-5-4-6-8-15/h;4-10H,1-3H3/q-1;+1. The van der Waals surface area contributed by atoms with Crippen LogP contribution in [0.4, 0.5) is 87.8 Å². The van der Waals surface area contributed by atoms with E-state index in [1.54, 1.807) is 4.73 Å². The van der Waals surface area contributed by atoms with Crippen LogP contribution in [0.1, 0.15) is 16.7 Å². The summed E-state index contributed by atoms with van der Waals surface area (Å²) < 4.78 is 296. The van der Waals surface area contributed by atoms with E-state index >= 15 is 35.1 Å². The molecule has 0 unspecified atom stereocenters. The molecule has 0 atom stereocenters. The maximum Gasteiger partial charge on any atom is 0.223 e. The largest absolute Gasteiger partial charge is 0.231 e. The highest BCUT2D eigenvalue weighted by Gasteiger charge is 2.52. The van der Waals surface area contributed by atoms with Gasteiger partial charge in [0.15, 0.2) is 69.8 Å². The van der Waals surface area contributed by atoms with Gasteiger partial charge in [0.1, 0.15) is 52.7 Å². The summed E-state index contributed by atoms with van der Waals surface area (Å²) in [6, 6.07) is 10.1. The minimum atomic E-state index is -7.22. The lowest BCUT2D eigenvalue weighted by molar-refractivity contribution is -0.875. The second-order valence-electron chi connectivity index (χ2n) is 12.9. The van der Waals surface area contributed by atoms with Gasteiger partial charge in [-0.3, -0.25) is 0 Å². The lowest BCUT2D eigenvalue weighted by Gasteiger charge is -2.44. The van der Waals surface area contributed by atoms with Gasteiger partial charge in [-0.2, -0.15) is 0 Å². The number of benzene rings is 5. The number of halogens is 20. The Morgan fingerprint density at radius 1 is 0.328 bits per heavy atom. The zero-order chi connectivity index (χ0) is 45.9. The molecule has 23 heteroatoms. The monoisotopic (exact) mass is 893 g/mol. The zero-order valence-corrected chi connectivity index (χ0v) is 30.0. The molecule has 0 bridgehead atoms. The Morgan fingerprint density at radius 2 is 0.541 bits per heavy atom. The number of aryl methyl sites for hydroxylation is 3. The maximum atomic E-state index is 15.4. The molecule has 2 nitrogen and oxygen atoms in total. The molecule has 1 aromatic heterocycles. The topological polar surface area (TPSA) is 13.1 Å². The van der Waals surface area contributed by atoms with Crippen LogP contribution in [0.5, 0.6) is 5.75 Å². The van der Waals surface area contributed by atoms with Crippen molar-refractivity contribution in [3.63, 3.8) is 0 Å². The van der Waals surface area contributed by atoms with Crippen LogP contribution in [0.15, 0.2) is 42.7 Å². The summed E-state index contributed by atoms with van der Waals surface area (Å²) in [5, 5.41) is 0. The van der Waals surface area contributed by atoms with E-state index in [-0.39, 0.29) is 0 Å². The van der Waals surface area contributed by atoms with Crippen molar-refractivity contribution in [3.05, 3.63) is 176 Å². The zero-order valence-electron chi connectivity index (χ0n) is 30.0. The first-order valence-electron chi connectivity index (χ1n) is 16.3. The van der Waals surface area contributed by atoms with Gasteiger partial charge in [0, 0.05) is 16.9 Å². The van der Waals surface area contributed by atoms with Crippen LogP contribution in [0.2, 0.25) is 0 Å². The third kappa shape index (κ3) is 7.15. The summed E-state index contributed by atoms with van der Waals surface area (Å²) in [7, 11) is 0. The Bertz CT molecular complexity index is 2360. The number of hydrogen-bond donors (Lipinski definition) is 0. The Labute approximate surface area is 327 Å². The fourth-order valence-corrected chi connectivity index (χ4v) is 6.73. The van der Waals surface area contributed by atoms with Crippen molar-refractivity contribution in [2.75, 3.05) is 0 Å². The Hall–Kier alpha value is -6.29. The molecule has 0 spiro atoms. The lowest BCUT2D eigenvalue weighted by Crippen LogP contribution is -2.81. The molecular weight excluding hydrogens is 877 g/mol. The average molecular weight is 893 g/mol. The van der Waals surface area contributed by atoms with E-state index in [2.05, 4.69) is 32.9 Å². The molecule has 5 aromatic carbocycles. The Balaban J connectivity index is 0.000000366.